The van der Waals surface area contributed by atoms with E-state index in [1.165, 1.54) is 0 Å². The first-order valence-corrected chi connectivity index (χ1v) is 8.03. The summed E-state index contributed by atoms with van der Waals surface area (Å²) in [7, 11) is 0. The van der Waals surface area contributed by atoms with Crippen molar-refractivity contribution in [3.05, 3.63) is 34.9 Å². The molecule has 0 fully saturated rings. The number of rotatable bonds is 8. The standard InChI is InChI=1S/C17H25ClN2O2/c1-4-19-15(21)10-7-11-16(22)20-17(2,3)12-13-8-5-6-9-14(13)18/h5-6,8-9H,4,7,10-12H2,1-3H3,(H,19,21)(H,20,22). The van der Waals surface area contributed by atoms with Gasteiger partial charge < -0.3 is 10.6 Å². The van der Waals surface area contributed by atoms with E-state index in [1.807, 2.05) is 45.0 Å². The van der Waals surface area contributed by atoms with Crippen LogP contribution in [-0.4, -0.2) is 23.9 Å². The van der Waals surface area contributed by atoms with Crippen molar-refractivity contribution < 1.29 is 9.59 Å². The molecule has 0 bridgehead atoms. The summed E-state index contributed by atoms with van der Waals surface area (Å²) >= 11 is 6.16. The molecule has 0 aliphatic rings. The van der Waals surface area contributed by atoms with Gasteiger partial charge in [0.05, 0.1) is 0 Å². The number of hydrogen-bond acceptors (Lipinski definition) is 2. The second-order valence-electron chi connectivity index (χ2n) is 6.01. The largest absolute Gasteiger partial charge is 0.356 e. The van der Waals surface area contributed by atoms with Gasteiger partial charge in [0.15, 0.2) is 0 Å². The molecule has 2 amide bonds. The van der Waals surface area contributed by atoms with E-state index in [1.54, 1.807) is 0 Å². The topological polar surface area (TPSA) is 58.2 Å². The molecule has 4 nitrogen and oxygen atoms in total. The maximum Gasteiger partial charge on any atom is 0.220 e. The lowest BCUT2D eigenvalue weighted by molar-refractivity contribution is -0.123. The molecule has 2 N–H and O–H groups in total. The minimum Gasteiger partial charge on any atom is -0.356 e. The van der Waals surface area contributed by atoms with Crippen molar-refractivity contribution in [1.29, 1.82) is 0 Å². The van der Waals surface area contributed by atoms with Crippen LogP contribution >= 0.6 is 11.6 Å². The summed E-state index contributed by atoms with van der Waals surface area (Å²) in [5.41, 5.74) is 0.630. The first kappa shape index (κ1) is 18.5. The van der Waals surface area contributed by atoms with Crippen LogP contribution in [0.1, 0.15) is 45.6 Å². The predicted octanol–water partition coefficient (Wildman–Crippen LogP) is 3.08. The summed E-state index contributed by atoms with van der Waals surface area (Å²) in [6.45, 7) is 6.44. The number of amides is 2. The average molecular weight is 325 g/mol. The van der Waals surface area contributed by atoms with Crippen LogP contribution in [0, 0.1) is 0 Å². The van der Waals surface area contributed by atoms with Gasteiger partial charge in [-0.1, -0.05) is 29.8 Å². The van der Waals surface area contributed by atoms with E-state index in [0.717, 1.165) is 5.56 Å². The highest BCUT2D eigenvalue weighted by molar-refractivity contribution is 6.31. The van der Waals surface area contributed by atoms with Gasteiger partial charge in [-0.25, -0.2) is 0 Å². The van der Waals surface area contributed by atoms with E-state index >= 15 is 0 Å². The molecule has 0 aromatic heterocycles. The first-order chi connectivity index (χ1) is 10.3. The number of nitrogens with one attached hydrogen (secondary N) is 2. The minimum absolute atomic E-state index is 0.00868. The Morgan fingerprint density at radius 3 is 2.41 bits per heavy atom. The van der Waals surface area contributed by atoms with Crippen LogP contribution in [0.4, 0.5) is 0 Å². The lowest BCUT2D eigenvalue weighted by Crippen LogP contribution is -2.45. The summed E-state index contributed by atoms with van der Waals surface area (Å²) in [6, 6.07) is 7.64. The van der Waals surface area contributed by atoms with Gasteiger partial charge in [0.25, 0.3) is 0 Å². The monoisotopic (exact) mass is 324 g/mol. The summed E-state index contributed by atoms with van der Waals surface area (Å²) in [5, 5.41) is 6.44. The Hall–Kier alpha value is -1.55. The van der Waals surface area contributed by atoms with Crippen LogP contribution in [0.3, 0.4) is 0 Å². The maximum absolute atomic E-state index is 12.0. The maximum atomic E-state index is 12.0. The molecule has 0 atom stereocenters. The van der Waals surface area contributed by atoms with Crippen molar-refractivity contribution in [3.63, 3.8) is 0 Å². The van der Waals surface area contributed by atoms with Gasteiger partial charge in [0, 0.05) is 29.9 Å². The van der Waals surface area contributed by atoms with Crippen LogP contribution < -0.4 is 10.6 Å². The lowest BCUT2D eigenvalue weighted by Gasteiger charge is -2.27. The van der Waals surface area contributed by atoms with E-state index in [-0.39, 0.29) is 17.4 Å². The van der Waals surface area contributed by atoms with Gasteiger partial charge in [-0.05, 0) is 45.2 Å². The average Bonchev–Trinajstić information content (AvgIpc) is 2.41. The SMILES string of the molecule is CCNC(=O)CCCC(=O)NC(C)(C)Cc1ccccc1Cl. The number of benzene rings is 1. The summed E-state index contributed by atoms with van der Waals surface area (Å²) in [5.74, 6) is -0.0491. The molecule has 1 rings (SSSR count). The molecular weight excluding hydrogens is 300 g/mol. The van der Waals surface area contributed by atoms with E-state index in [4.69, 9.17) is 11.6 Å². The number of carbonyl (C=O) groups excluding carboxylic acids is 2. The minimum atomic E-state index is -0.381. The molecule has 0 saturated carbocycles. The zero-order valence-electron chi connectivity index (χ0n) is 13.5. The molecular formula is C17H25ClN2O2. The Balaban J connectivity index is 2.42. The number of halogens is 1. The fourth-order valence-corrected chi connectivity index (χ4v) is 2.50. The Labute approximate surface area is 137 Å². The van der Waals surface area contributed by atoms with Crippen molar-refractivity contribution >= 4 is 23.4 Å². The van der Waals surface area contributed by atoms with Crippen LogP contribution in [0.25, 0.3) is 0 Å². The Kier molecular flexibility index (Phi) is 7.39. The molecule has 0 aliphatic heterocycles. The van der Waals surface area contributed by atoms with Crippen molar-refractivity contribution in [2.24, 2.45) is 0 Å². The highest BCUT2D eigenvalue weighted by Gasteiger charge is 2.21. The zero-order valence-corrected chi connectivity index (χ0v) is 14.3. The fourth-order valence-electron chi connectivity index (χ4n) is 2.30. The van der Waals surface area contributed by atoms with Gasteiger partial charge in [-0.2, -0.15) is 0 Å². The van der Waals surface area contributed by atoms with Gasteiger partial charge in [-0.15, -0.1) is 0 Å². The Morgan fingerprint density at radius 2 is 1.77 bits per heavy atom. The summed E-state index contributed by atoms with van der Waals surface area (Å²) in [4.78, 5) is 23.3. The summed E-state index contributed by atoms with van der Waals surface area (Å²) in [6.07, 6.45) is 1.95. The predicted molar refractivity (Wildman–Crippen MR) is 89.9 cm³/mol. The van der Waals surface area contributed by atoms with Crippen molar-refractivity contribution in [1.82, 2.24) is 10.6 Å². The van der Waals surface area contributed by atoms with E-state index in [9.17, 15) is 9.59 Å². The molecule has 0 saturated heterocycles. The molecule has 0 heterocycles. The first-order valence-electron chi connectivity index (χ1n) is 7.65. The second-order valence-corrected chi connectivity index (χ2v) is 6.41. The molecule has 0 radical (unpaired) electrons. The van der Waals surface area contributed by atoms with Gasteiger partial charge >= 0.3 is 0 Å². The van der Waals surface area contributed by atoms with Gasteiger partial charge in [0.1, 0.15) is 0 Å². The normalized spacial score (nSPS) is 11.1. The zero-order chi connectivity index (χ0) is 16.6. The van der Waals surface area contributed by atoms with E-state index in [0.29, 0.717) is 37.3 Å². The number of hydrogen-bond donors (Lipinski definition) is 2. The second kappa shape index (κ2) is 8.79. The van der Waals surface area contributed by atoms with Crippen LogP contribution in [0.15, 0.2) is 24.3 Å². The smallest absolute Gasteiger partial charge is 0.220 e. The summed E-state index contributed by atoms with van der Waals surface area (Å²) < 4.78 is 0. The molecule has 1 aromatic carbocycles. The fraction of sp³-hybridized carbons (Fsp3) is 0.529. The third kappa shape index (κ3) is 6.94. The van der Waals surface area contributed by atoms with Gasteiger partial charge in [0.2, 0.25) is 11.8 Å². The Morgan fingerprint density at radius 1 is 1.14 bits per heavy atom. The van der Waals surface area contributed by atoms with E-state index in [2.05, 4.69) is 10.6 Å². The molecule has 0 aliphatic carbocycles. The third-order valence-electron chi connectivity index (χ3n) is 3.25. The molecule has 0 spiro atoms. The molecule has 22 heavy (non-hydrogen) atoms. The Bertz CT molecular complexity index is 515. The third-order valence-corrected chi connectivity index (χ3v) is 3.62. The van der Waals surface area contributed by atoms with Crippen LogP contribution in [-0.2, 0) is 16.0 Å². The molecule has 5 heteroatoms. The van der Waals surface area contributed by atoms with Crippen molar-refractivity contribution in [2.75, 3.05) is 6.54 Å². The van der Waals surface area contributed by atoms with Crippen molar-refractivity contribution in [2.45, 2.75) is 52.0 Å². The molecule has 0 unspecified atom stereocenters. The van der Waals surface area contributed by atoms with E-state index < -0.39 is 0 Å². The highest BCUT2D eigenvalue weighted by Crippen LogP contribution is 2.20. The van der Waals surface area contributed by atoms with Crippen molar-refractivity contribution in [3.8, 4) is 0 Å². The van der Waals surface area contributed by atoms with Crippen LogP contribution in [0.2, 0.25) is 5.02 Å². The number of carbonyl (C=O) groups is 2. The molecule has 122 valence electrons. The highest BCUT2D eigenvalue weighted by atomic mass is 35.5. The lowest BCUT2D eigenvalue weighted by atomic mass is 9.94. The molecule has 1 aromatic rings. The quantitative estimate of drug-likeness (QED) is 0.772. The van der Waals surface area contributed by atoms with Crippen LogP contribution in [0.5, 0.6) is 0 Å². The van der Waals surface area contributed by atoms with Gasteiger partial charge in [-0.3, -0.25) is 9.59 Å².